The van der Waals surface area contributed by atoms with Crippen molar-refractivity contribution in [3.63, 3.8) is 0 Å². The van der Waals surface area contributed by atoms with Gasteiger partial charge in [-0.3, -0.25) is 5.10 Å². The van der Waals surface area contributed by atoms with Crippen molar-refractivity contribution < 1.29 is 9.53 Å². The topological polar surface area (TPSA) is 55.0 Å². The molecule has 2 rings (SSSR count). The highest BCUT2D eigenvalue weighted by atomic mass is 16.5. The van der Waals surface area contributed by atoms with Crippen LogP contribution in [0.3, 0.4) is 0 Å². The van der Waals surface area contributed by atoms with Gasteiger partial charge in [-0.25, -0.2) is 4.79 Å². The van der Waals surface area contributed by atoms with Crippen LogP contribution >= 0.6 is 0 Å². The van der Waals surface area contributed by atoms with Crippen molar-refractivity contribution in [3.8, 4) is 0 Å². The number of ether oxygens (including phenoxy) is 1. The van der Waals surface area contributed by atoms with Crippen LogP contribution in [0.2, 0.25) is 0 Å². The Morgan fingerprint density at radius 3 is 2.73 bits per heavy atom. The maximum atomic E-state index is 11.6. The van der Waals surface area contributed by atoms with Gasteiger partial charge < -0.3 is 4.74 Å². The number of hydrogen-bond acceptors (Lipinski definition) is 3. The van der Waals surface area contributed by atoms with Gasteiger partial charge in [-0.05, 0) is 19.8 Å². The van der Waals surface area contributed by atoms with E-state index in [1.807, 2.05) is 6.92 Å². The van der Waals surface area contributed by atoms with Crippen molar-refractivity contribution in [2.45, 2.75) is 38.5 Å². The first-order valence-electron chi connectivity index (χ1n) is 5.37. The van der Waals surface area contributed by atoms with Crippen LogP contribution in [0.5, 0.6) is 0 Å². The number of aromatic nitrogens is 2. The standard InChI is InChI=1S/C11H16N2O2/c1-7-9(11(14)15-2)10(13-12-7)8-5-3-4-6-8/h8H,3-6H2,1-2H3,(H,12,13). The Morgan fingerprint density at radius 1 is 1.47 bits per heavy atom. The van der Waals surface area contributed by atoms with Gasteiger partial charge in [0.2, 0.25) is 0 Å². The lowest BCUT2D eigenvalue weighted by molar-refractivity contribution is 0.0598. The van der Waals surface area contributed by atoms with E-state index in [0.717, 1.165) is 24.2 Å². The van der Waals surface area contributed by atoms with Crippen LogP contribution in [0.15, 0.2) is 0 Å². The Kier molecular flexibility index (Phi) is 2.75. The van der Waals surface area contributed by atoms with E-state index in [4.69, 9.17) is 4.74 Å². The number of aromatic amines is 1. The van der Waals surface area contributed by atoms with Crippen molar-refractivity contribution in [2.75, 3.05) is 7.11 Å². The van der Waals surface area contributed by atoms with Gasteiger partial charge in [-0.2, -0.15) is 5.10 Å². The van der Waals surface area contributed by atoms with E-state index in [1.165, 1.54) is 20.0 Å². The highest BCUT2D eigenvalue weighted by Crippen LogP contribution is 2.35. The molecule has 0 unspecified atom stereocenters. The summed E-state index contributed by atoms with van der Waals surface area (Å²) in [5, 5.41) is 7.12. The SMILES string of the molecule is COC(=O)c1c(C2CCCC2)n[nH]c1C. The molecule has 1 N–H and O–H groups in total. The van der Waals surface area contributed by atoms with Gasteiger partial charge in [-0.15, -0.1) is 0 Å². The third-order valence-corrected chi connectivity index (χ3v) is 3.11. The summed E-state index contributed by atoms with van der Waals surface area (Å²) in [7, 11) is 1.41. The van der Waals surface area contributed by atoms with E-state index in [9.17, 15) is 4.79 Å². The number of methoxy groups -OCH3 is 1. The van der Waals surface area contributed by atoms with E-state index < -0.39 is 0 Å². The predicted molar refractivity (Wildman–Crippen MR) is 55.9 cm³/mol. The molecule has 0 spiro atoms. The molecule has 1 aromatic heterocycles. The van der Waals surface area contributed by atoms with Crippen molar-refractivity contribution >= 4 is 5.97 Å². The van der Waals surface area contributed by atoms with Gasteiger partial charge in [0.25, 0.3) is 0 Å². The first-order chi connectivity index (χ1) is 7.24. The molecular weight excluding hydrogens is 192 g/mol. The minimum absolute atomic E-state index is 0.275. The second-order valence-electron chi connectivity index (χ2n) is 4.08. The first-order valence-corrected chi connectivity index (χ1v) is 5.37. The summed E-state index contributed by atoms with van der Waals surface area (Å²) in [6.07, 6.45) is 4.73. The molecule has 0 aromatic carbocycles. The Labute approximate surface area is 89.0 Å². The van der Waals surface area contributed by atoms with Gasteiger partial charge in [0, 0.05) is 11.6 Å². The van der Waals surface area contributed by atoms with Crippen molar-refractivity contribution in [3.05, 3.63) is 17.0 Å². The lowest BCUT2D eigenvalue weighted by Gasteiger charge is -2.07. The van der Waals surface area contributed by atoms with E-state index >= 15 is 0 Å². The van der Waals surface area contributed by atoms with Crippen LogP contribution in [0.4, 0.5) is 0 Å². The Hall–Kier alpha value is -1.32. The average molecular weight is 208 g/mol. The van der Waals surface area contributed by atoms with E-state index in [-0.39, 0.29) is 5.97 Å². The summed E-state index contributed by atoms with van der Waals surface area (Å²) in [4.78, 5) is 11.6. The largest absolute Gasteiger partial charge is 0.465 e. The van der Waals surface area contributed by atoms with Crippen LogP contribution in [-0.2, 0) is 4.74 Å². The molecule has 1 aromatic rings. The predicted octanol–water partition coefficient (Wildman–Crippen LogP) is 2.16. The van der Waals surface area contributed by atoms with E-state index in [2.05, 4.69) is 10.2 Å². The lowest BCUT2D eigenvalue weighted by atomic mass is 9.99. The molecule has 1 fully saturated rings. The second kappa shape index (κ2) is 4.04. The maximum Gasteiger partial charge on any atom is 0.341 e. The molecule has 1 aliphatic rings. The Morgan fingerprint density at radius 2 is 2.13 bits per heavy atom. The molecular formula is C11H16N2O2. The van der Waals surface area contributed by atoms with Gasteiger partial charge in [0.05, 0.1) is 12.8 Å². The lowest BCUT2D eigenvalue weighted by Crippen LogP contribution is -2.07. The van der Waals surface area contributed by atoms with Crippen LogP contribution in [0.25, 0.3) is 0 Å². The zero-order chi connectivity index (χ0) is 10.8. The summed E-state index contributed by atoms with van der Waals surface area (Å²) in [6, 6.07) is 0. The highest BCUT2D eigenvalue weighted by molar-refractivity contribution is 5.92. The maximum absolute atomic E-state index is 11.6. The molecule has 0 amide bonds. The van der Waals surface area contributed by atoms with E-state index in [1.54, 1.807) is 0 Å². The smallest absolute Gasteiger partial charge is 0.341 e. The molecule has 82 valence electrons. The number of H-pyrrole nitrogens is 1. The van der Waals surface area contributed by atoms with Crippen molar-refractivity contribution in [1.82, 2.24) is 10.2 Å². The zero-order valence-electron chi connectivity index (χ0n) is 9.17. The molecule has 0 radical (unpaired) electrons. The normalized spacial score (nSPS) is 16.9. The van der Waals surface area contributed by atoms with E-state index in [0.29, 0.717) is 11.5 Å². The number of rotatable bonds is 2. The number of nitrogens with zero attached hydrogens (tertiary/aromatic N) is 1. The van der Waals surface area contributed by atoms with Crippen LogP contribution in [0.1, 0.15) is 53.3 Å². The highest BCUT2D eigenvalue weighted by Gasteiger charge is 2.27. The minimum atomic E-state index is -0.275. The fourth-order valence-electron chi connectivity index (χ4n) is 2.30. The molecule has 0 saturated heterocycles. The second-order valence-corrected chi connectivity index (χ2v) is 4.08. The van der Waals surface area contributed by atoms with Crippen LogP contribution in [0, 0.1) is 6.92 Å². The molecule has 15 heavy (non-hydrogen) atoms. The Bertz CT molecular complexity index is 365. The Balaban J connectivity index is 2.34. The summed E-state index contributed by atoms with van der Waals surface area (Å²) in [5.41, 5.74) is 2.35. The van der Waals surface area contributed by atoms with Crippen molar-refractivity contribution in [1.29, 1.82) is 0 Å². The molecule has 4 heteroatoms. The fraction of sp³-hybridized carbons (Fsp3) is 0.636. The minimum Gasteiger partial charge on any atom is -0.465 e. The molecule has 1 saturated carbocycles. The fourth-order valence-corrected chi connectivity index (χ4v) is 2.30. The number of hydrogen-bond donors (Lipinski definition) is 1. The summed E-state index contributed by atoms with van der Waals surface area (Å²) < 4.78 is 4.78. The zero-order valence-corrected chi connectivity index (χ0v) is 9.17. The van der Waals surface area contributed by atoms with Gasteiger partial charge in [-0.1, -0.05) is 12.8 Å². The molecule has 0 bridgehead atoms. The van der Waals surface area contributed by atoms with Crippen LogP contribution < -0.4 is 0 Å². The van der Waals surface area contributed by atoms with Crippen molar-refractivity contribution in [2.24, 2.45) is 0 Å². The number of carbonyl (C=O) groups excluding carboxylic acids is 1. The third-order valence-electron chi connectivity index (χ3n) is 3.11. The molecule has 4 nitrogen and oxygen atoms in total. The average Bonchev–Trinajstić information content (AvgIpc) is 2.85. The molecule has 1 aliphatic carbocycles. The molecule has 0 aliphatic heterocycles. The number of esters is 1. The third kappa shape index (κ3) is 1.76. The quantitative estimate of drug-likeness (QED) is 0.758. The van der Waals surface area contributed by atoms with Gasteiger partial charge >= 0.3 is 5.97 Å². The van der Waals surface area contributed by atoms with Gasteiger partial charge in [0.1, 0.15) is 5.56 Å². The number of carbonyl (C=O) groups is 1. The summed E-state index contributed by atoms with van der Waals surface area (Å²) in [5.74, 6) is 0.159. The number of aryl methyl sites for hydroxylation is 1. The summed E-state index contributed by atoms with van der Waals surface area (Å²) in [6.45, 7) is 1.86. The summed E-state index contributed by atoms with van der Waals surface area (Å²) >= 11 is 0. The number of nitrogens with one attached hydrogen (secondary N) is 1. The monoisotopic (exact) mass is 208 g/mol. The van der Waals surface area contributed by atoms with Crippen LogP contribution in [-0.4, -0.2) is 23.3 Å². The van der Waals surface area contributed by atoms with Gasteiger partial charge in [0.15, 0.2) is 0 Å². The molecule has 0 atom stereocenters. The first kappa shape index (κ1) is 10.2. The molecule has 1 heterocycles.